The summed E-state index contributed by atoms with van der Waals surface area (Å²) in [7, 11) is -3.62. The number of hydrogen-bond acceptors (Lipinski definition) is 2. The number of hydrogen-bond donors (Lipinski definition) is 0. The van der Waals surface area contributed by atoms with E-state index in [1.165, 1.54) is 5.56 Å². The maximum atomic E-state index is 13.2. The van der Waals surface area contributed by atoms with Crippen LogP contribution in [0.15, 0.2) is 53.4 Å². The number of nitrogens with zero attached hydrogens (tertiary/aromatic N) is 1. The molecule has 118 valence electrons. The lowest BCUT2D eigenvalue weighted by atomic mass is 9.96. The molecule has 23 heavy (non-hydrogen) atoms. The van der Waals surface area contributed by atoms with E-state index in [0.29, 0.717) is 5.02 Å². The average molecular weight is 346 g/mol. The van der Waals surface area contributed by atoms with Crippen molar-refractivity contribution in [2.24, 2.45) is 0 Å². The van der Waals surface area contributed by atoms with Gasteiger partial charge in [0.25, 0.3) is 10.0 Å². The molecule has 0 N–H and O–H groups in total. The number of aryl methyl sites for hydroxylation is 1. The Morgan fingerprint density at radius 1 is 0.913 bits per heavy atom. The highest BCUT2D eigenvalue weighted by Gasteiger charge is 2.27. The van der Waals surface area contributed by atoms with Crippen molar-refractivity contribution < 1.29 is 8.42 Å². The molecule has 5 heteroatoms. The molecule has 1 aliphatic rings. The van der Waals surface area contributed by atoms with E-state index < -0.39 is 10.0 Å². The fourth-order valence-corrected chi connectivity index (χ4v) is 5.17. The lowest BCUT2D eigenvalue weighted by molar-refractivity contribution is 0.582. The Hall–Kier alpha value is -1.78. The number of fused-ring (bicyclic) bond motifs is 3. The first kappa shape index (κ1) is 14.8. The van der Waals surface area contributed by atoms with Crippen molar-refractivity contribution in [2.45, 2.75) is 30.6 Å². The number of para-hydroxylation sites is 1. The van der Waals surface area contributed by atoms with Crippen molar-refractivity contribution in [3.8, 4) is 0 Å². The zero-order chi connectivity index (χ0) is 16.0. The Balaban J connectivity index is 2.03. The van der Waals surface area contributed by atoms with Crippen molar-refractivity contribution in [1.82, 2.24) is 3.97 Å². The zero-order valence-electron chi connectivity index (χ0n) is 12.5. The SMILES string of the molecule is O=S(=O)(c1ccc(Cl)cc1)n1c2c(c3ccccc31)CCCC2. The Morgan fingerprint density at radius 3 is 2.39 bits per heavy atom. The normalized spacial score (nSPS) is 14.8. The molecular formula is C18H16ClNO2S. The van der Waals surface area contributed by atoms with Crippen molar-refractivity contribution in [3.05, 3.63) is 64.8 Å². The zero-order valence-corrected chi connectivity index (χ0v) is 14.1. The summed E-state index contributed by atoms with van der Waals surface area (Å²) in [6, 6.07) is 14.1. The molecule has 1 aromatic heterocycles. The van der Waals surface area contributed by atoms with Crippen LogP contribution in [0.2, 0.25) is 5.02 Å². The van der Waals surface area contributed by atoms with Crippen LogP contribution in [-0.4, -0.2) is 12.4 Å². The van der Waals surface area contributed by atoms with E-state index in [1.54, 1.807) is 28.2 Å². The van der Waals surface area contributed by atoms with E-state index in [2.05, 4.69) is 0 Å². The highest BCUT2D eigenvalue weighted by molar-refractivity contribution is 7.90. The van der Waals surface area contributed by atoms with Crippen LogP contribution in [0.1, 0.15) is 24.1 Å². The minimum atomic E-state index is -3.62. The quantitative estimate of drug-likeness (QED) is 0.690. The van der Waals surface area contributed by atoms with Gasteiger partial charge in [0.05, 0.1) is 10.4 Å². The van der Waals surface area contributed by atoms with E-state index in [1.807, 2.05) is 24.3 Å². The smallest absolute Gasteiger partial charge is 0.238 e. The largest absolute Gasteiger partial charge is 0.268 e. The molecule has 2 aromatic carbocycles. The van der Waals surface area contributed by atoms with Gasteiger partial charge in [-0.2, -0.15) is 0 Å². The van der Waals surface area contributed by atoms with Gasteiger partial charge in [-0.15, -0.1) is 0 Å². The summed E-state index contributed by atoms with van der Waals surface area (Å²) in [6.45, 7) is 0. The highest BCUT2D eigenvalue weighted by atomic mass is 35.5. The van der Waals surface area contributed by atoms with Crippen molar-refractivity contribution in [3.63, 3.8) is 0 Å². The van der Waals surface area contributed by atoms with Gasteiger partial charge in [-0.1, -0.05) is 29.8 Å². The molecule has 0 unspecified atom stereocenters. The first-order valence-corrected chi connectivity index (χ1v) is 9.53. The topological polar surface area (TPSA) is 39.1 Å². The molecule has 3 nitrogen and oxygen atoms in total. The van der Waals surface area contributed by atoms with E-state index >= 15 is 0 Å². The predicted molar refractivity (Wildman–Crippen MR) is 92.6 cm³/mol. The van der Waals surface area contributed by atoms with Gasteiger partial charge in [0.1, 0.15) is 0 Å². The summed E-state index contributed by atoms with van der Waals surface area (Å²) >= 11 is 5.90. The maximum Gasteiger partial charge on any atom is 0.268 e. The molecule has 1 aliphatic carbocycles. The fraction of sp³-hybridized carbons (Fsp3) is 0.222. The van der Waals surface area contributed by atoms with Crippen LogP contribution >= 0.6 is 11.6 Å². The predicted octanol–water partition coefficient (Wildman–Crippen LogP) is 4.41. The first-order chi connectivity index (χ1) is 11.1. The van der Waals surface area contributed by atoms with Gasteiger partial charge in [-0.25, -0.2) is 12.4 Å². The molecule has 0 atom stereocenters. The number of aromatic nitrogens is 1. The second-order valence-electron chi connectivity index (χ2n) is 5.87. The van der Waals surface area contributed by atoms with Crippen LogP contribution in [0.5, 0.6) is 0 Å². The minimum absolute atomic E-state index is 0.274. The molecule has 0 amide bonds. The number of benzene rings is 2. The van der Waals surface area contributed by atoms with Crippen LogP contribution in [0.3, 0.4) is 0 Å². The second kappa shape index (κ2) is 5.39. The second-order valence-corrected chi connectivity index (χ2v) is 8.10. The Bertz CT molecular complexity index is 988. The van der Waals surface area contributed by atoms with Gasteiger partial charge in [0, 0.05) is 16.1 Å². The Morgan fingerprint density at radius 2 is 1.61 bits per heavy atom. The molecule has 0 fully saturated rings. The molecule has 0 bridgehead atoms. The van der Waals surface area contributed by atoms with Crippen molar-refractivity contribution >= 4 is 32.5 Å². The van der Waals surface area contributed by atoms with Gasteiger partial charge in [0.2, 0.25) is 0 Å². The summed E-state index contributed by atoms with van der Waals surface area (Å²) in [5, 5.41) is 1.59. The lowest BCUT2D eigenvalue weighted by Crippen LogP contribution is -2.17. The summed E-state index contributed by atoms with van der Waals surface area (Å²) in [5.41, 5.74) is 2.89. The number of halogens is 1. The minimum Gasteiger partial charge on any atom is -0.238 e. The summed E-state index contributed by atoms with van der Waals surface area (Å²) in [4.78, 5) is 0.274. The molecule has 1 heterocycles. The van der Waals surface area contributed by atoms with Crippen LogP contribution < -0.4 is 0 Å². The molecule has 0 saturated heterocycles. The molecule has 3 aromatic rings. The van der Waals surface area contributed by atoms with Crippen LogP contribution in [0.4, 0.5) is 0 Å². The van der Waals surface area contributed by atoms with Gasteiger partial charge < -0.3 is 0 Å². The van der Waals surface area contributed by atoms with E-state index in [0.717, 1.165) is 42.3 Å². The van der Waals surface area contributed by atoms with E-state index in [4.69, 9.17) is 11.6 Å². The third-order valence-corrected chi connectivity index (χ3v) is 6.50. The monoisotopic (exact) mass is 345 g/mol. The van der Waals surface area contributed by atoms with E-state index in [9.17, 15) is 8.42 Å². The average Bonchev–Trinajstić information content (AvgIpc) is 2.90. The first-order valence-electron chi connectivity index (χ1n) is 7.71. The van der Waals surface area contributed by atoms with Crippen molar-refractivity contribution in [1.29, 1.82) is 0 Å². The van der Waals surface area contributed by atoms with Crippen LogP contribution in [0, 0.1) is 0 Å². The molecule has 0 saturated carbocycles. The summed E-state index contributed by atoms with van der Waals surface area (Å²) in [5.74, 6) is 0. The lowest BCUT2D eigenvalue weighted by Gasteiger charge is -2.16. The Kier molecular flexibility index (Phi) is 3.47. The van der Waals surface area contributed by atoms with Gasteiger partial charge in [-0.05, 0) is 61.6 Å². The summed E-state index contributed by atoms with van der Waals surface area (Å²) < 4.78 is 28.0. The fourth-order valence-electron chi connectivity index (χ4n) is 3.44. The Labute approximate surface area is 140 Å². The molecule has 4 rings (SSSR count). The standard InChI is InChI=1S/C18H16ClNO2S/c19-13-9-11-14(12-10-13)23(21,22)20-17-7-3-1-5-15(17)16-6-2-4-8-18(16)20/h1,3,5,7,9-12H,2,4,6,8H2. The van der Waals surface area contributed by atoms with Gasteiger partial charge in [0.15, 0.2) is 0 Å². The maximum absolute atomic E-state index is 13.2. The van der Waals surface area contributed by atoms with E-state index in [-0.39, 0.29) is 4.90 Å². The van der Waals surface area contributed by atoms with Crippen molar-refractivity contribution in [2.75, 3.05) is 0 Å². The third-order valence-electron chi connectivity index (χ3n) is 4.48. The highest BCUT2D eigenvalue weighted by Crippen LogP contribution is 2.34. The van der Waals surface area contributed by atoms with Crippen LogP contribution in [0.25, 0.3) is 10.9 Å². The number of rotatable bonds is 2. The molecule has 0 radical (unpaired) electrons. The molecular weight excluding hydrogens is 330 g/mol. The molecule has 0 aliphatic heterocycles. The van der Waals surface area contributed by atoms with Gasteiger partial charge in [-0.3, -0.25) is 0 Å². The van der Waals surface area contributed by atoms with Crippen LogP contribution in [-0.2, 0) is 22.9 Å². The van der Waals surface area contributed by atoms with Gasteiger partial charge >= 0.3 is 0 Å². The summed E-state index contributed by atoms with van der Waals surface area (Å²) in [6.07, 6.45) is 3.89. The molecule has 0 spiro atoms. The third kappa shape index (κ3) is 2.28.